The van der Waals surface area contributed by atoms with E-state index in [0.717, 1.165) is 23.8 Å². The molecule has 1 amide bonds. The summed E-state index contributed by atoms with van der Waals surface area (Å²) < 4.78 is 0. The van der Waals surface area contributed by atoms with Gasteiger partial charge in [-0.2, -0.15) is 0 Å². The molecule has 1 saturated heterocycles. The summed E-state index contributed by atoms with van der Waals surface area (Å²) in [7, 11) is 0. The van der Waals surface area contributed by atoms with E-state index in [2.05, 4.69) is 9.88 Å². The van der Waals surface area contributed by atoms with Gasteiger partial charge in [0.1, 0.15) is 0 Å². The first-order chi connectivity index (χ1) is 10.1. The Bertz CT molecular complexity index is 633. The highest BCUT2D eigenvalue weighted by atomic mass is 32.1. The molecule has 1 aliphatic heterocycles. The van der Waals surface area contributed by atoms with Gasteiger partial charge in [0.2, 0.25) is 0 Å². The van der Waals surface area contributed by atoms with E-state index in [0.29, 0.717) is 24.3 Å². The lowest BCUT2D eigenvalue weighted by molar-refractivity contribution is 0.0747. The Labute approximate surface area is 128 Å². The molecule has 0 bridgehead atoms. The van der Waals surface area contributed by atoms with Gasteiger partial charge in [-0.1, -0.05) is 11.6 Å². The average Bonchev–Trinajstić information content (AvgIpc) is 3.03. The third-order valence-corrected chi connectivity index (χ3v) is 4.53. The minimum absolute atomic E-state index is 0.0231. The summed E-state index contributed by atoms with van der Waals surface area (Å²) in [4.78, 5) is 21.0. The highest BCUT2D eigenvalue weighted by molar-refractivity contribution is 7.13. The Morgan fingerprint density at radius 2 is 2.05 bits per heavy atom. The van der Waals surface area contributed by atoms with Gasteiger partial charge in [0.05, 0.1) is 5.56 Å². The van der Waals surface area contributed by atoms with Gasteiger partial charge in [0.15, 0.2) is 5.13 Å². The second-order valence-electron chi connectivity index (χ2n) is 5.18. The van der Waals surface area contributed by atoms with Gasteiger partial charge >= 0.3 is 0 Å². The molecule has 0 spiro atoms. The molecule has 3 rings (SSSR count). The first kappa shape index (κ1) is 13.9. The van der Waals surface area contributed by atoms with Gasteiger partial charge in [0, 0.05) is 43.4 Å². The molecule has 2 N–H and O–H groups in total. The molecule has 0 saturated carbocycles. The van der Waals surface area contributed by atoms with E-state index in [1.54, 1.807) is 17.4 Å². The quantitative estimate of drug-likeness (QED) is 0.862. The lowest BCUT2D eigenvalue weighted by Crippen LogP contribution is -2.48. The Hall–Kier alpha value is -2.08. The number of thiazole rings is 1. The molecule has 2 aromatic rings. The number of hydrogen-bond acceptors (Lipinski definition) is 5. The summed E-state index contributed by atoms with van der Waals surface area (Å²) in [6.45, 7) is 4.99. The van der Waals surface area contributed by atoms with Crippen LogP contribution in [-0.4, -0.2) is 42.0 Å². The maximum Gasteiger partial charge on any atom is 0.256 e. The van der Waals surface area contributed by atoms with Crippen LogP contribution in [0.15, 0.2) is 29.8 Å². The van der Waals surface area contributed by atoms with Crippen molar-refractivity contribution in [3.05, 3.63) is 40.9 Å². The fourth-order valence-electron chi connectivity index (χ4n) is 2.50. The van der Waals surface area contributed by atoms with Crippen molar-refractivity contribution < 1.29 is 4.79 Å². The number of amides is 1. The number of nitrogens with two attached hydrogens (primary N) is 1. The van der Waals surface area contributed by atoms with Crippen LogP contribution in [0.5, 0.6) is 0 Å². The normalized spacial score (nSPS) is 15.3. The van der Waals surface area contributed by atoms with Crippen LogP contribution in [0, 0.1) is 6.92 Å². The topological polar surface area (TPSA) is 62.5 Å². The van der Waals surface area contributed by atoms with Crippen molar-refractivity contribution in [3.8, 4) is 0 Å². The van der Waals surface area contributed by atoms with E-state index in [-0.39, 0.29) is 5.91 Å². The maximum absolute atomic E-state index is 12.6. The number of anilines is 2. The van der Waals surface area contributed by atoms with Crippen molar-refractivity contribution in [2.24, 2.45) is 0 Å². The minimum atomic E-state index is 0.0231. The second-order valence-corrected chi connectivity index (χ2v) is 6.06. The molecule has 1 aromatic heterocycles. The first-order valence-electron chi connectivity index (χ1n) is 6.95. The Morgan fingerprint density at radius 3 is 2.71 bits per heavy atom. The predicted molar refractivity (Wildman–Crippen MR) is 85.8 cm³/mol. The molecule has 1 fully saturated rings. The second kappa shape index (κ2) is 5.73. The number of nitrogen functional groups attached to an aromatic ring is 1. The molecule has 1 aromatic carbocycles. The van der Waals surface area contributed by atoms with Crippen LogP contribution in [0.2, 0.25) is 0 Å². The van der Waals surface area contributed by atoms with Crippen LogP contribution >= 0.6 is 11.3 Å². The van der Waals surface area contributed by atoms with Crippen molar-refractivity contribution in [1.82, 2.24) is 9.88 Å². The van der Waals surface area contributed by atoms with Crippen molar-refractivity contribution in [1.29, 1.82) is 0 Å². The molecule has 21 heavy (non-hydrogen) atoms. The monoisotopic (exact) mass is 302 g/mol. The highest BCUT2D eigenvalue weighted by Crippen LogP contribution is 2.21. The zero-order valence-corrected chi connectivity index (χ0v) is 12.8. The van der Waals surface area contributed by atoms with Gasteiger partial charge in [0.25, 0.3) is 5.91 Å². The SMILES string of the molecule is Cc1ccc(N)c(C(=O)N2CCN(c3nccs3)CC2)c1. The van der Waals surface area contributed by atoms with E-state index in [1.807, 2.05) is 35.5 Å². The number of piperazine rings is 1. The van der Waals surface area contributed by atoms with Gasteiger partial charge in [-0.25, -0.2) is 4.98 Å². The molecule has 6 heteroatoms. The molecule has 0 unspecified atom stereocenters. The van der Waals surface area contributed by atoms with Gasteiger partial charge < -0.3 is 15.5 Å². The highest BCUT2D eigenvalue weighted by Gasteiger charge is 2.24. The minimum Gasteiger partial charge on any atom is -0.398 e. The summed E-state index contributed by atoms with van der Waals surface area (Å²) in [5.41, 5.74) is 8.14. The zero-order valence-electron chi connectivity index (χ0n) is 12.0. The van der Waals surface area contributed by atoms with Crippen LogP contribution in [0.25, 0.3) is 0 Å². The van der Waals surface area contributed by atoms with Crippen LogP contribution in [0.4, 0.5) is 10.8 Å². The smallest absolute Gasteiger partial charge is 0.256 e. The third-order valence-electron chi connectivity index (χ3n) is 3.70. The average molecular weight is 302 g/mol. The Kier molecular flexibility index (Phi) is 3.79. The van der Waals surface area contributed by atoms with E-state index in [9.17, 15) is 4.79 Å². The summed E-state index contributed by atoms with van der Waals surface area (Å²) in [6, 6.07) is 5.59. The molecule has 0 radical (unpaired) electrons. The summed E-state index contributed by atoms with van der Waals surface area (Å²) >= 11 is 1.63. The standard InChI is InChI=1S/C15H18N4OS/c1-11-2-3-13(16)12(10-11)14(20)18-5-7-19(8-6-18)15-17-4-9-21-15/h2-4,9-10H,5-8,16H2,1H3. The van der Waals surface area contributed by atoms with Crippen molar-refractivity contribution in [2.75, 3.05) is 36.8 Å². The number of carbonyl (C=O) groups is 1. The largest absolute Gasteiger partial charge is 0.398 e. The molecule has 2 heterocycles. The van der Waals surface area contributed by atoms with E-state index < -0.39 is 0 Å². The molecule has 110 valence electrons. The van der Waals surface area contributed by atoms with Gasteiger partial charge in [-0.15, -0.1) is 11.3 Å². The molecular formula is C15H18N4OS. The fraction of sp³-hybridized carbons (Fsp3) is 0.333. The number of nitrogens with zero attached hydrogens (tertiary/aromatic N) is 3. The molecule has 5 nitrogen and oxygen atoms in total. The van der Waals surface area contributed by atoms with E-state index in [4.69, 9.17) is 5.73 Å². The molecule has 1 aliphatic rings. The van der Waals surface area contributed by atoms with Gasteiger partial charge in [-0.3, -0.25) is 4.79 Å². The number of carbonyl (C=O) groups excluding carboxylic acids is 1. The number of rotatable bonds is 2. The summed E-state index contributed by atoms with van der Waals surface area (Å²) in [5.74, 6) is 0.0231. The molecule has 0 aliphatic carbocycles. The fourth-order valence-corrected chi connectivity index (χ4v) is 3.20. The molecular weight excluding hydrogens is 284 g/mol. The number of aromatic nitrogens is 1. The summed E-state index contributed by atoms with van der Waals surface area (Å²) in [5, 5.41) is 3.00. The molecule has 0 atom stereocenters. The van der Waals surface area contributed by atoms with Crippen LogP contribution in [-0.2, 0) is 0 Å². The van der Waals surface area contributed by atoms with E-state index >= 15 is 0 Å². The third kappa shape index (κ3) is 2.85. The Morgan fingerprint density at radius 1 is 1.29 bits per heavy atom. The predicted octanol–water partition coefficient (Wildman–Crippen LogP) is 2.00. The summed E-state index contributed by atoms with van der Waals surface area (Å²) in [6.07, 6.45) is 1.81. The van der Waals surface area contributed by atoms with Crippen molar-refractivity contribution in [2.45, 2.75) is 6.92 Å². The van der Waals surface area contributed by atoms with Crippen LogP contribution < -0.4 is 10.6 Å². The first-order valence-corrected chi connectivity index (χ1v) is 7.83. The van der Waals surface area contributed by atoms with Crippen LogP contribution in [0.1, 0.15) is 15.9 Å². The maximum atomic E-state index is 12.6. The van der Waals surface area contributed by atoms with Gasteiger partial charge in [-0.05, 0) is 19.1 Å². The number of aryl methyl sites for hydroxylation is 1. The number of benzene rings is 1. The Balaban J connectivity index is 1.69. The lowest BCUT2D eigenvalue weighted by Gasteiger charge is -2.34. The number of hydrogen-bond donors (Lipinski definition) is 1. The van der Waals surface area contributed by atoms with Crippen molar-refractivity contribution >= 4 is 28.1 Å². The van der Waals surface area contributed by atoms with Crippen molar-refractivity contribution in [3.63, 3.8) is 0 Å². The zero-order chi connectivity index (χ0) is 14.8. The lowest BCUT2D eigenvalue weighted by atomic mass is 10.1. The van der Waals surface area contributed by atoms with E-state index in [1.165, 1.54) is 0 Å². The van der Waals surface area contributed by atoms with Crippen LogP contribution in [0.3, 0.4) is 0 Å².